The summed E-state index contributed by atoms with van der Waals surface area (Å²) in [6.45, 7) is 5.83. The first-order valence-corrected chi connectivity index (χ1v) is 7.41. The van der Waals surface area contributed by atoms with Gasteiger partial charge in [0.1, 0.15) is 18.9 Å². The molecule has 0 aliphatic heterocycles. The van der Waals surface area contributed by atoms with Gasteiger partial charge in [0.2, 0.25) is 5.89 Å². The highest BCUT2D eigenvalue weighted by atomic mass is 127. The normalized spacial score (nSPS) is 12.0. The minimum Gasteiger partial charge on any atom is -0.444 e. The number of rotatable bonds is 8. The number of hydrogen-bond acceptors (Lipinski definition) is 4. The van der Waals surface area contributed by atoms with Crippen LogP contribution in [0.3, 0.4) is 0 Å². The topological polar surface area (TPSA) is 71.7 Å². The van der Waals surface area contributed by atoms with Crippen molar-refractivity contribution < 1.29 is 22.3 Å². The number of hydrogen-bond donors (Lipinski definition) is 2. The molecule has 0 saturated heterocycles. The van der Waals surface area contributed by atoms with Crippen molar-refractivity contribution in [1.29, 1.82) is 0 Å². The van der Waals surface area contributed by atoms with Crippen molar-refractivity contribution in [3.05, 3.63) is 17.3 Å². The molecule has 24 heavy (non-hydrogen) atoms. The number of nitrogens with one attached hydrogen (secondary N) is 2. The van der Waals surface area contributed by atoms with E-state index in [9.17, 15) is 13.2 Å². The molecule has 0 bridgehead atoms. The Kier molecular flexibility index (Phi) is 11.0. The Bertz CT molecular complexity index is 487. The summed E-state index contributed by atoms with van der Waals surface area (Å²) in [5.74, 6) is 1.83. The van der Waals surface area contributed by atoms with Gasteiger partial charge in [0.05, 0.1) is 5.69 Å². The van der Waals surface area contributed by atoms with E-state index in [-0.39, 0.29) is 37.1 Å². The van der Waals surface area contributed by atoms with E-state index < -0.39 is 12.8 Å². The third-order valence-electron chi connectivity index (χ3n) is 2.81. The van der Waals surface area contributed by atoms with Crippen LogP contribution in [0.5, 0.6) is 0 Å². The maximum Gasteiger partial charge on any atom is 0.411 e. The highest BCUT2D eigenvalue weighted by molar-refractivity contribution is 14.0. The Morgan fingerprint density at radius 2 is 2.00 bits per heavy atom. The maximum atomic E-state index is 11.9. The molecule has 2 N–H and O–H groups in total. The standard InChI is InChI=1S/C14H23F3N4O2.HI/c1-4-18-13(19-6-5-7-22-9-14(15,16)17)20-8-12-21-10(2)11(3)23-12;/h4-9H2,1-3H3,(H2,18,19,20);1H. The third kappa shape index (κ3) is 9.96. The van der Waals surface area contributed by atoms with Gasteiger partial charge in [0.25, 0.3) is 0 Å². The second-order valence-electron chi connectivity index (χ2n) is 4.89. The number of alkyl halides is 3. The average molecular weight is 464 g/mol. The lowest BCUT2D eigenvalue weighted by molar-refractivity contribution is -0.173. The minimum absolute atomic E-state index is 0. The van der Waals surface area contributed by atoms with E-state index >= 15 is 0 Å². The molecule has 0 radical (unpaired) electrons. The molecule has 0 aromatic carbocycles. The average Bonchev–Trinajstić information content (AvgIpc) is 2.77. The molecule has 0 spiro atoms. The largest absolute Gasteiger partial charge is 0.444 e. The quantitative estimate of drug-likeness (QED) is 0.268. The van der Waals surface area contributed by atoms with E-state index in [2.05, 4.69) is 25.3 Å². The molecule has 0 amide bonds. The van der Waals surface area contributed by atoms with Gasteiger partial charge < -0.3 is 19.8 Å². The molecular formula is C14H24F3IN4O2. The number of ether oxygens (including phenoxy) is 1. The lowest BCUT2D eigenvalue weighted by atomic mass is 10.4. The molecule has 1 aromatic rings. The van der Waals surface area contributed by atoms with Crippen molar-refractivity contribution in [2.45, 2.75) is 39.9 Å². The zero-order valence-corrected chi connectivity index (χ0v) is 16.3. The van der Waals surface area contributed by atoms with Crippen LogP contribution in [0.1, 0.15) is 30.7 Å². The van der Waals surface area contributed by atoms with Gasteiger partial charge in [0, 0.05) is 19.7 Å². The summed E-state index contributed by atoms with van der Waals surface area (Å²) in [6.07, 6.45) is -3.84. The van der Waals surface area contributed by atoms with Crippen LogP contribution >= 0.6 is 24.0 Å². The fourth-order valence-corrected chi connectivity index (χ4v) is 1.66. The first-order valence-electron chi connectivity index (χ1n) is 7.41. The summed E-state index contributed by atoms with van der Waals surface area (Å²) >= 11 is 0. The Hall–Kier alpha value is -1.04. The predicted molar refractivity (Wildman–Crippen MR) is 95.7 cm³/mol. The van der Waals surface area contributed by atoms with Crippen LogP contribution in [0, 0.1) is 13.8 Å². The second-order valence-corrected chi connectivity index (χ2v) is 4.89. The molecule has 10 heteroatoms. The summed E-state index contributed by atoms with van der Waals surface area (Å²) in [7, 11) is 0. The van der Waals surface area contributed by atoms with Gasteiger partial charge in [-0.05, 0) is 27.2 Å². The summed E-state index contributed by atoms with van der Waals surface area (Å²) in [6, 6.07) is 0. The van der Waals surface area contributed by atoms with Gasteiger partial charge in [-0.2, -0.15) is 13.2 Å². The van der Waals surface area contributed by atoms with Gasteiger partial charge in [-0.3, -0.25) is 0 Å². The first kappa shape index (κ1) is 23.0. The predicted octanol–water partition coefficient (Wildman–Crippen LogP) is 2.93. The summed E-state index contributed by atoms with van der Waals surface area (Å²) in [5.41, 5.74) is 0.829. The molecule has 0 unspecified atom stereocenters. The Balaban J connectivity index is 0.00000529. The number of guanidine groups is 1. The summed E-state index contributed by atoms with van der Waals surface area (Å²) in [4.78, 5) is 8.54. The first-order chi connectivity index (χ1) is 10.8. The number of oxazole rings is 1. The third-order valence-corrected chi connectivity index (χ3v) is 2.81. The fraction of sp³-hybridized carbons (Fsp3) is 0.714. The molecule has 1 aromatic heterocycles. The number of aryl methyl sites for hydroxylation is 2. The summed E-state index contributed by atoms with van der Waals surface area (Å²) in [5, 5.41) is 6.06. The number of halogens is 4. The van der Waals surface area contributed by atoms with Gasteiger partial charge in [-0.25, -0.2) is 9.98 Å². The zero-order valence-electron chi connectivity index (χ0n) is 14.0. The smallest absolute Gasteiger partial charge is 0.411 e. The van der Waals surface area contributed by atoms with Crippen LogP contribution in [0.15, 0.2) is 9.41 Å². The molecule has 0 aliphatic carbocycles. The molecule has 140 valence electrons. The summed E-state index contributed by atoms with van der Waals surface area (Å²) < 4.78 is 45.7. The zero-order chi connectivity index (χ0) is 17.3. The lowest BCUT2D eigenvalue weighted by Crippen LogP contribution is -2.38. The highest BCUT2D eigenvalue weighted by Crippen LogP contribution is 2.14. The van der Waals surface area contributed by atoms with Crippen molar-refractivity contribution >= 4 is 29.9 Å². The van der Waals surface area contributed by atoms with Crippen molar-refractivity contribution in [2.75, 3.05) is 26.3 Å². The van der Waals surface area contributed by atoms with Crippen LogP contribution in [0.2, 0.25) is 0 Å². The maximum absolute atomic E-state index is 11.9. The number of aromatic nitrogens is 1. The fourth-order valence-electron chi connectivity index (χ4n) is 1.66. The van der Waals surface area contributed by atoms with E-state index in [1.54, 1.807) is 0 Å². The van der Waals surface area contributed by atoms with Crippen molar-refractivity contribution in [3.8, 4) is 0 Å². The molecule has 1 heterocycles. The monoisotopic (exact) mass is 464 g/mol. The minimum atomic E-state index is -4.28. The van der Waals surface area contributed by atoms with Crippen LogP contribution in [-0.2, 0) is 11.3 Å². The second kappa shape index (κ2) is 11.5. The van der Waals surface area contributed by atoms with Crippen molar-refractivity contribution in [1.82, 2.24) is 15.6 Å². The van der Waals surface area contributed by atoms with Crippen LogP contribution in [0.25, 0.3) is 0 Å². The number of aliphatic imine (C=N–C) groups is 1. The van der Waals surface area contributed by atoms with E-state index in [4.69, 9.17) is 4.42 Å². The van der Waals surface area contributed by atoms with Crippen LogP contribution < -0.4 is 10.6 Å². The number of nitrogens with zero attached hydrogens (tertiary/aromatic N) is 2. The molecule has 0 fully saturated rings. The molecule has 1 rings (SSSR count). The Morgan fingerprint density at radius 1 is 1.29 bits per heavy atom. The van der Waals surface area contributed by atoms with Gasteiger partial charge in [-0.15, -0.1) is 24.0 Å². The highest BCUT2D eigenvalue weighted by Gasteiger charge is 2.27. The van der Waals surface area contributed by atoms with E-state index in [1.165, 1.54) is 0 Å². The Morgan fingerprint density at radius 3 is 2.54 bits per heavy atom. The Labute approximate surface area is 156 Å². The van der Waals surface area contributed by atoms with E-state index in [1.807, 2.05) is 20.8 Å². The van der Waals surface area contributed by atoms with Crippen LogP contribution in [0.4, 0.5) is 13.2 Å². The lowest BCUT2D eigenvalue weighted by Gasteiger charge is -2.11. The van der Waals surface area contributed by atoms with Gasteiger partial charge in [0.15, 0.2) is 5.96 Å². The van der Waals surface area contributed by atoms with E-state index in [0.717, 1.165) is 11.5 Å². The molecule has 6 nitrogen and oxygen atoms in total. The van der Waals surface area contributed by atoms with Gasteiger partial charge in [-0.1, -0.05) is 0 Å². The SMILES string of the molecule is CCNC(=NCc1nc(C)c(C)o1)NCCCOCC(F)(F)F.I. The molecule has 0 atom stereocenters. The van der Waals surface area contributed by atoms with Crippen molar-refractivity contribution in [2.24, 2.45) is 4.99 Å². The van der Waals surface area contributed by atoms with E-state index in [0.29, 0.717) is 31.4 Å². The van der Waals surface area contributed by atoms with Crippen LogP contribution in [-0.4, -0.2) is 43.4 Å². The molecule has 0 saturated carbocycles. The van der Waals surface area contributed by atoms with Gasteiger partial charge >= 0.3 is 6.18 Å². The van der Waals surface area contributed by atoms with Crippen molar-refractivity contribution in [3.63, 3.8) is 0 Å². The molecular weight excluding hydrogens is 440 g/mol. The molecule has 0 aliphatic rings.